The molecule has 0 spiro atoms. The van der Waals surface area contributed by atoms with Crippen molar-refractivity contribution in [2.45, 2.75) is 19.4 Å². The van der Waals surface area contributed by atoms with Crippen LogP contribution in [-0.4, -0.2) is 46.1 Å². The highest BCUT2D eigenvalue weighted by molar-refractivity contribution is 7.17. The van der Waals surface area contributed by atoms with E-state index in [1.54, 1.807) is 35.3 Å². The molecule has 6 nitrogen and oxygen atoms in total. The molecule has 1 aliphatic heterocycles. The van der Waals surface area contributed by atoms with Crippen LogP contribution in [0.5, 0.6) is 0 Å². The van der Waals surface area contributed by atoms with E-state index in [1.165, 1.54) is 0 Å². The number of thiophene rings is 2. The Morgan fingerprint density at radius 2 is 1.70 bits per heavy atom. The van der Waals surface area contributed by atoms with Crippen LogP contribution < -0.4 is 9.80 Å². The molecule has 2 atom stereocenters. The topological polar surface area (TPSA) is 58.0 Å². The predicted octanol–water partition coefficient (Wildman–Crippen LogP) is 4.05. The average Bonchev–Trinajstić information content (AvgIpc) is 3.36. The maximum atomic E-state index is 4.62. The Labute approximate surface area is 165 Å². The average molecular weight is 397 g/mol. The van der Waals surface area contributed by atoms with Gasteiger partial charge in [0.1, 0.15) is 34.0 Å². The molecule has 4 aromatic rings. The van der Waals surface area contributed by atoms with E-state index in [0.29, 0.717) is 12.0 Å². The van der Waals surface area contributed by atoms with E-state index < -0.39 is 0 Å². The van der Waals surface area contributed by atoms with Gasteiger partial charge in [0.25, 0.3) is 0 Å². The third-order valence-electron chi connectivity index (χ3n) is 5.53. The number of nitrogens with zero attached hydrogens (tertiary/aromatic N) is 6. The molecule has 27 heavy (non-hydrogen) atoms. The Kier molecular flexibility index (Phi) is 4.17. The maximum absolute atomic E-state index is 4.62. The Morgan fingerprint density at radius 3 is 2.52 bits per heavy atom. The summed E-state index contributed by atoms with van der Waals surface area (Å²) in [5, 5.41) is 6.46. The van der Waals surface area contributed by atoms with Crippen LogP contribution >= 0.6 is 22.7 Å². The van der Waals surface area contributed by atoms with Crippen molar-refractivity contribution in [2.24, 2.45) is 5.92 Å². The molecule has 5 heterocycles. The Hall–Kier alpha value is -2.32. The Bertz CT molecular complexity index is 1090. The van der Waals surface area contributed by atoms with Gasteiger partial charge in [-0.1, -0.05) is 6.92 Å². The highest BCUT2D eigenvalue weighted by Crippen LogP contribution is 2.34. The third kappa shape index (κ3) is 2.83. The minimum absolute atomic E-state index is 0.361. The number of piperidine rings is 1. The standard InChI is InChI=1S/C19H20N6S2/c1-12-3-6-25(17-14-5-8-27-19(14)23-11-21-17)9-15(12)24(2)16-13-4-7-26-18(13)22-10-20-16/h4-5,7-8,10-12,15H,3,6,9H2,1-2H3/t12-,15+/m1/s1. The molecule has 5 rings (SSSR count). The first-order valence-electron chi connectivity index (χ1n) is 9.06. The van der Waals surface area contributed by atoms with Crippen molar-refractivity contribution in [1.29, 1.82) is 0 Å². The molecule has 0 amide bonds. The first-order chi connectivity index (χ1) is 13.2. The summed E-state index contributed by atoms with van der Waals surface area (Å²) in [6.07, 6.45) is 4.49. The fourth-order valence-corrected chi connectivity index (χ4v) is 5.44. The molecule has 0 radical (unpaired) electrons. The van der Waals surface area contributed by atoms with E-state index in [0.717, 1.165) is 51.6 Å². The highest BCUT2D eigenvalue weighted by atomic mass is 32.1. The van der Waals surface area contributed by atoms with Gasteiger partial charge in [-0.25, -0.2) is 19.9 Å². The van der Waals surface area contributed by atoms with Crippen LogP contribution in [0.2, 0.25) is 0 Å². The molecule has 138 valence electrons. The van der Waals surface area contributed by atoms with Crippen molar-refractivity contribution >= 4 is 54.7 Å². The SMILES string of the molecule is C[C@@H]1CCN(c2ncnc3sccc23)C[C@@H]1N(C)c1ncnc2sccc12. The molecule has 0 saturated carbocycles. The zero-order valence-electron chi connectivity index (χ0n) is 15.2. The van der Waals surface area contributed by atoms with Crippen LogP contribution in [0.3, 0.4) is 0 Å². The first kappa shape index (κ1) is 16.8. The van der Waals surface area contributed by atoms with E-state index >= 15 is 0 Å². The van der Waals surface area contributed by atoms with Crippen molar-refractivity contribution < 1.29 is 0 Å². The number of aromatic nitrogens is 4. The summed E-state index contributed by atoms with van der Waals surface area (Å²) in [6, 6.07) is 4.61. The molecule has 1 saturated heterocycles. The van der Waals surface area contributed by atoms with Crippen molar-refractivity contribution in [3.63, 3.8) is 0 Å². The Morgan fingerprint density at radius 1 is 1.00 bits per heavy atom. The second-order valence-electron chi connectivity index (χ2n) is 7.06. The van der Waals surface area contributed by atoms with Crippen LogP contribution in [0.15, 0.2) is 35.5 Å². The summed E-state index contributed by atoms with van der Waals surface area (Å²) in [6.45, 7) is 4.28. The molecule has 1 aliphatic rings. The van der Waals surface area contributed by atoms with E-state index in [9.17, 15) is 0 Å². The van der Waals surface area contributed by atoms with Crippen LogP contribution in [0.4, 0.5) is 11.6 Å². The lowest BCUT2D eigenvalue weighted by atomic mass is 9.92. The minimum atomic E-state index is 0.361. The van der Waals surface area contributed by atoms with Gasteiger partial charge in [0.2, 0.25) is 0 Å². The number of fused-ring (bicyclic) bond motifs is 2. The van der Waals surface area contributed by atoms with Gasteiger partial charge in [-0.05, 0) is 35.2 Å². The summed E-state index contributed by atoms with van der Waals surface area (Å²) in [5.74, 6) is 2.65. The van der Waals surface area contributed by atoms with Crippen LogP contribution in [0, 0.1) is 5.92 Å². The van der Waals surface area contributed by atoms with E-state index in [2.05, 4.69) is 66.6 Å². The monoisotopic (exact) mass is 396 g/mol. The van der Waals surface area contributed by atoms with E-state index in [4.69, 9.17) is 0 Å². The molecule has 8 heteroatoms. The number of likely N-dealkylation sites (N-methyl/N-ethyl adjacent to an activating group) is 1. The fourth-order valence-electron chi connectivity index (χ4n) is 3.99. The lowest BCUT2D eigenvalue weighted by Crippen LogP contribution is -2.51. The summed E-state index contributed by atoms with van der Waals surface area (Å²) >= 11 is 3.33. The molecule has 4 aromatic heterocycles. The van der Waals surface area contributed by atoms with Crippen LogP contribution in [-0.2, 0) is 0 Å². The summed E-state index contributed by atoms with van der Waals surface area (Å²) in [5.41, 5.74) is 0. The maximum Gasteiger partial charge on any atom is 0.140 e. The van der Waals surface area contributed by atoms with Gasteiger partial charge < -0.3 is 9.80 Å². The van der Waals surface area contributed by atoms with Gasteiger partial charge in [0.15, 0.2) is 0 Å². The predicted molar refractivity (Wildman–Crippen MR) is 113 cm³/mol. The number of rotatable bonds is 3. The van der Waals surface area contributed by atoms with Gasteiger partial charge in [-0.3, -0.25) is 0 Å². The lowest BCUT2D eigenvalue weighted by Gasteiger charge is -2.42. The number of hydrogen-bond donors (Lipinski definition) is 0. The molecule has 0 aromatic carbocycles. The van der Waals surface area contributed by atoms with Gasteiger partial charge in [0, 0.05) is 20.1 Å². The van der Waals surface area contributed by atoms with Crippen molar-refractivity contribution in [1.82, 2.24) is 19.9 Å². The van der Waals surface area contributed by atoms with Crippen molar-refractivity contribution in [3.8, 4) is 0 Å². The smallest absolute Gasteiger partial charge is 0.140 e. The minimum Gasteiger partial charge on any atom is -0.354 e. The lowest BCUT2D eigenvalue weighted by molar-refractivity contribution is 0.366. The van der Waals surface area contributed by atoms with Crippen LogP contribution in [0.25, 0.3) is 20.4 Å². The van der Waals surface area contributed by atoms with Gasteiger partial charge in [-0.15, -0.1) is 22.7 Å². The second-order valence-corrected chi connectivity index (χ2v) is 8.85. The Balaban J connectivity index is 1.49. The second kappa shape index (κ2) is 6.69. The largest absolute Gasteiger partial charge is 0.354 e. The fraction of sp³-hybridized carbons (Fsp3) is 0.368. The zero-order chi connectivity index (χ0) is 18.4. The molecule has 0 unspecified atom stereocenters. The van der Waals surface area contributed by atoms with E-state index in [1.807, 2.05) is 0 Å². The summed E-state index contributed by atoms with van der Waals surface area (Å²) in [4.78, 5) is 24.9. The molecule has 1 fully saturated rings. The summed E-state index contributed by atoms with van der Waals surface area (Å²) in [7, 11) is 2.16. The molecular formula is C19H20N6S2. The van der Waals surface area contributed by atoms with Gasteiger partial charge in [-0.2, -0.15) is 0 Å². The quantitative estimate of drug-likeness (QED) is 0.521. The highest BCUT2D eigenvalue weighted by Gasteiger charge is 2.32. The van der Waals surface area contributed by atoms with Gasteiger partial charge in [0.05, 0.1) is 16.8 Å². The summed E-state index contributed by atoms with van der Waals surface area (Å²) < 4.78 is 0. The third-order valence-corrected chi connectivity index (χ3v) is 7.17. The first-order valence-corrected chi connectivity index (χ1v) is 10.8. The van der Waals surface area contributed by atoms with E-state index in [-0.39, 0.29) is 0 Å². The molecule has 0 N–H and O–H groups in total. The van der Waals surface area contributed by atoms with Crippen LogP contribution in [0.1, 0.15) is 13.3 Å². The molecular weight excluding hydrogens is 376 g/mol. The zero-order valence-corrected chi connectivity index (χ0v) is 16.9. The normalized spacial score (nSPS) is 20.4. The number of hydrogen-bond acceptors (Lipinski definition) is 8. The van der Waals surface area contributed by atoms with Crippen molar-refractivity contribution in [2.75, 3.05) is 29.9 Å². The molecule has 0 bridgehead atoms. The van der Waals surface area contributed by atoms with Crippen molar-refractivity contribution in [3.05, 3.63) is 35.5 Å². The molecule has 0 aliphatic carbocycles. The number of anilines is 2. The van der Waals surface area contributed by atoms with Gasteiger partial charge >= 0.3 is 0 Å².